The largest absolute Gasteiger partial charge is 0.496 e. The third-order valence-electron chi connectivity index (χ3n) is 4.06. The Balaban J connectivity index is 2.33. The van der Waals surface area contributed by atoms with E-state index in [1.165, 1.54) is 53.6 Å². The van der Waals surface area contributed by atoms with Crippen molar-refractivity contribution in [1.82, 2.24) is 0 Å². The van der Waals surface area contributed by atoms with Gasteiger partial charge in [-0.25, -0.2) is 8.42 Å². The van der Waals surface area contributed by atoms with Gasteiger partial charge in [-0.1, -0.05) is 0 Å². The second kappa shape index (κ2) is 9.37. The lowest BCUT2D eigenvalue weighted by Gasteiger charge is -2.15. The van der Waals surface area contributed by atoms with Crippen LogP contribution in [0.3, 0.4) is 0 Å². The normalized spacial score (nSPS) is 10.8. The van der Waals surface area contributed by atoms with Gasteiger partial charge in [-0.05, 0) is 19.1 Å². The van der Waals surface area contributed by atoms with Gasteiger partial charge in [-0.3, -0.25) is 9.52 Å². The predicted molar refractivity (Wildman–Crippen MR) is 110 cm³/mol. The maximum Gasteiger partial charge on any atom is 0.259 e. The van der Waals surface area contributed by atoms with E-state index in [1.807, 2.05) is 0 Å². The summed E-state index contributed by atoms with van der Waals surface area (Å²) in [6, 6.07) is 7.64. The van der Waals surface area contributed by atoms with Gasteiger partial charge in [-0.15, -0.1) is 0 Å². The lowest BCUT2D eigenvalue weighted by atomic mass is 10.1. The van der Waals surface area contributed by atoms with Gasteiger partial charge in [0.1, 0.15) is 11.5 Å². The Morgan fingerprint density at radius 1 is 0.862 bits per heavy atom. The number of sulfonamides is 1. The number of hydrogen-bond donors (Lipinski definition) is 2. The fourth-order valence-corrected chi connectivity index (χ4v) is 3.15. The summed E-state index contributed by atoms with van der Waals surface area (Å²) >= 11 is 0. The van der Waals surface area contributed by atoms with Gasteiger partial charge >= 0.3 is 0 Å². The fraction of sp³-hybridized carbons (Fsp3) is 0.316. The van der Waals surface area contributed by atoms with Crippen LogP contribution in [0, 0.1) is 0 Å². The van der Waals surface area contributed by atoms with Gasteiger partial charge in [0, 0.05) is 23.9 Å². The first-order valence-corrected chi connectivity index (χ1v) is 10.2. The van der Waals surface area contributed by atoms with E-state index in [2.05, 4.69) is 10.0 Å². The molecule has 10 heteroatoms. The quantitative estimate of drug-likeness (QED) is 0.636. The van der Waals surface area contributed by atoms with Crippen LogP contribution in [0.25, 0.3) is 0 Å². The molecule has 2 aromatic rings. The van der Waals surface area contributed by atoms with Crippen LogP contribution in [0.4, 0.5) is 11.4 Å². The Bertz CT molecular complexity index is 990. The topological polar surface area (TPSA) is 112 Å². The number of benzene rings is 2. The Kier molecular flexibility index (Phi) is 7.16. The van der Waals surface area contributed by atoms with Crippen LogP contribution < -0.4 is 29.0 Å². The van der Waals surface area contributed by atoms with E-state index in [4.69, 9.17) is 18.9 Å². The number of rotatable bonds is 9. The van der Waals surface area contributed by atoms with E-state index in [0.717, 1.165) is 0 Å². The first kappa shape index (κ1) is 22.2. The molecule has 1 amide bonds. The summed E-state index contributed by atoms with van der Waals surface area (Å²) in [5, 5.41) is 2.73. The van der Waals surface area contributed by atoms with E-state index >= 15 is 0 Å². The number of hydrogen-bond acceptors (Lipinski definition) is 7. The summed E-state index contributed by atoms with van der Waals surface area (Å²) in [7, 11) is 2.33. The molecule has 0 radical (unpaired) electrons. The van der Waals surface area contributed by atoms with Crippen LogP contribution in [0.15, 0.2) is 30.3 Å². The number of carbonyl (C=O) groups excluding carboxylic acids is 1. The van der Waals surface area contributed by atoms with Crippen LogP contribution in [0.2, 0.25) is 0 Å². The van der Waals surface area contributed by atoms with E-state index in [0.29, 0.717) is 22.9 Å². The molecule has 0 aliphatic rings. The molecule has 0 spiro atoms. The van der Waals surface area contributed by atoms with E-state index < -0.39 is 15.9 Å². The SMILES string of the molecule is CCS(=O)(=O)Nc1ccc(NC(=O)c2cc(OC)c(OC)cc2OC)cc1OC. The van der Waals surface area contributed by atoms with E-state index in [-0.39, 0.29) is 22.8 Å². The van der Waals surface area contributed by atoms with Crippen LogP contribution in [0.1, 0.15) is 17.3 Å². The van der Waals surface area contributed by atoms with Crippen molar-refractivity contribution in [3.63, 3.8) is 0 Å². The van der Waals surface area contributed by atoms with Crippen molar-refractivity contribution in [2.45, 2.75) is 6.92 Å². The Morgan fingerprint density at radius 2 is 1.45 bits per heavy atom. The van der Waals surface area contributed by atoms with Crippen LogP contribution in [-0.2, 0) is 10.0 Å². The number of amides is 1. The summed E-state index contributed by atoms with van der Waals surface area (Å²) in [5.41, 5.74) is 0.916. The molecular weight excluding hydrogens is 400 g/mol. The van der Waals surface area contributed by atoms with Gasteiger partial charge in [0.05, 0.1) is 45.4 Å². The zero-order chi connectivity index (χ0) is 21.6. The van der Waals surface area contributed by atoms with Gasteiger partial charge in [0.15, 0.2) is 11.5 Å². The van der Waals surface area contributed by atoms with Crippen molar-refractivity contribution in [3.05, 3.63) is 35.9 Å². The molecule has 0 aliphatic carbocycles. The molecule has 2 rings (SSSR count). The summed E-state index contributed by atoms with van der Waals surface area (Å²) in [6.45, 7) is 1.53. The number of nitrogens with one attached hydrogen (secondary N) is 2. The number of anilines is 2. The van der Waals surface area contributed by atoms with Crippen molar-refractivity contribution in [2.75, 3.05) is 44.2 Å². The standard InChI is InChI=1S/C19H24N2O7S/c1-6-29(23,24)21-14-8-7-12(9-16(14)26-3)20-19(22)13-10-17(27-4)18(28-5)11-15(13)25-2/h7-11,21H,6H2,1-5H3,(H,20,22). The molecule has 2 aromatic carbocycles. The smallest absolute Gasteiger partial charge is 0.259 e. The highest BCUT2D eigenvalue weighted by Crippen LogP contribution is 2.35. The average Bonchev–Trinajstić information content (AvgIpc) is 2.73. The molecule has 29 heavy (non-hydrogen) atoms. The van der Waals surface area contributed by atoms with Crippen LogP contribution >= 0.6 is 0 Å². The highest BCUT2D eigenvalue weighted by molar-refractivity contribution is 7.92. The highest BCUT2D eigenvalue weighted by Gasteiger charge is 2.19. The van der Waals surface area contributed by atoms with Gasteiger partial charge in [0.2, 0.25) is 10.0 Å². The van der Waals surface area contributed by atoms with Gasteiger partial charge in [0.25, 0.3) is 5.91 Å². The molecular formula is C19H24N2O7S. The minimum absolute atomic E-state index is 0.0757. The molecule has 0 aliphatic heterocycles. The minimum Gasteiger partial charge on any atom is -0.496 e. The second-order valence-electron chi connectivity index (χ2n) is 5.78. The highest BCUT2D eigenvalue weighted by atomic mass is 32.2. The summed E-state index contributed by atoms with van der Waals surface area (Å²) in [4.78, 5) is 12.8. The molecule has 0 fully saturated rings. The summed E-state index contributed by atoms with van der Waals surface area (Å²) in [6.07, 6.45) is 0. The van der Waals surface area contributed by atoms with Crippen LogP contribution in [-0.4, -0.2) is 48.5 Å². The monoisotopic (exact) mass is 424 g/mol. The van der Waals surface area contributed by atoms with Crippen molar-refractivity contribution >= 4 is 27.3 Å². The summed E-state index contributed by atoms with van der Waals surface area (Å²) in [5.74, 6) is 0.842. The van der Waals surface area contributed by atoms with Crippen molar-refractivity contribution < 1.29 is 32.2 Å². The van der Waals surface area contributed by atoms with E-state index in [9.17, 15) is 13.2 Å². The number of ether oxygens (including phenoxy) is 4. The number of methoxy groups -OCH3 is 4. The van der Waals surface area contributed by atoms with Crippen molar-refractivity contribution in [3.8, 4) is 23.0 Å². The molecule has 0 atom stereocenters. The zero-order valence-electron chi connectivity index (χ0n) is 16.9. The predicted octanol–water partition coefficient (Wildman–Crippen LogP) is 2.73. The molecule has 0 saturated heterocycles. The Hall–Kier alpha value is -3.14. The molecule has 0 heterocycles. The lowest BCUT2D eigenvalue weighted by molar-refractivity contribution is 0.102. The van der Waals surface area contributed by atoms with Crippen molar-refractivity contribution in [2.24, 2.45) is 0 Å². The maximum atomic E-state index is 12.8. The first-order valence-electron chi connectivity index (χ1n) is 8.58. The Labute approximate surface area is 170 Å². The average molecular weight is 424 g/mol. The van der Waals surface area contributed by atoms with Crippen LogP contribution in [0.5, 0.6) is 23.0 Å². The summed E-state index contributed by atoms with van der Waals surface area (Å²) < 4.78 is 47.0. The number of carbonyl (C=O) groups is 1. The molecule has 158 valence electrons. The minimum atomic E-state index is -3.47. The van der Waals surface area contributed by atoms with Gasteiger partial charge < -0.3 is 24.3 Å². The molecule has 0 aromatic heterocycles. The molecule has 0 saturated carbocycles. The third-order valence-corrected chi connectivity index (χ3v) is 5.35. The lowest BCUT2D eigenvalue weighted by Crippen LogP contribution is -2.16. The second-order valence-corrected chi connectivity index (χ2v) is 7.79. The molecule has 0 bridgehead atoms. The first-order chi connectivity index (χ1) is 13.8. The third kappa shape index (κ3) is 5.23. The molecule has 2 N–H and O–H groups in total. The van der Waals surface area contributed by atoms with Gasteiger partial charge in [-0.2, -0.15) is 0 Å². The van der Waals surface area contributed by atoms with E-state index in [1.54, 1.807) is 12.1 Å². The molecule has 9 nitrogen and oxygen atoms in total. The Morgan fingerprint density at radius 3 is 2.00 bits per heavy atom. The maximum absolute atomic E-state index is 12.8. The fourth-order valence-electron chi connectivity index (χ4n) is 2.50. The zero-order valence-corrected chi connectivity index (χ0v) is 17.7. The molecule has 0 unspecified atom stereocenters. The van der Waals surface area contributed by atoms with Crippen molar-refractivity contribution in [1.29, 1.82) is 0 Å².